The Balaban J connectivity index is 1.63. The average molecular weight is 347 g/mol. The van der Waals surface area contributed by atoms with Crippen molar-refractivity contribution in [2.24, 2.45) is 0 Å². The first-order valence-corrected chi connectivity index (χ1v) is 7.58. The van der Waals surface area contributed by atoms with Crippen LogP contribution in [-0.4, -0.2) is 21.1 Å². The predicted molar refractivity (Wildman–Crippen MR) is 91.2 cm³/mol. The first kappa shape index (κ1) is 15.5. The Morgan fingerprint density at radius 2 is 2.13 bits per heavy atom. The van der Waals surface area contributed by atoms with Crippen molar-refractivity contribution in [3.05, 3.63) is 63.9 Å². The fourth-order valence-electron chi connectivity index (χ4n) is 2.05. The van der Waals surface area contributed by atoms with Crippen LogP contribution >= 0.6 is 23.2 Å². The van der Waals surface area contributed by atoms with Crippen LogP contribution in [0.2, 0.25) is 10.0 Å². The standard InChI is InChI=1S/C16H12Cl2N4O/c17-12-4-3-10(8-13(12)18)9-20-15(23)6-5-14-11-2-1-7-19-16(11)22-21-14/h1-8H,9H2,(H,20,23)(H,19,21,22)/b6-5+. The second-order valence-electron chi connectivity index (χ2n) is 4.81. The molecule has 23 heavy (non-hydrogen) atoms. The Hall–Kier alpha value is -2.37. The second-order valence-corrected chi connectivity index (χ2v) is 5.63. The normalized spacial score (nSPS) is 11.2. The second kappa shape index (κ2) is 6.81. The topological polar surface area (TPSA) is 70.7 Å². The lowest BCUT2D eigenvalue weighted by Crippen LogP contribution is -2.20. The Kier molecular flexibility index (Phi) is 4.60. The summed E-state index contributed by atoms with van der Waals surface area (Å²) >= 11 is 11.8. The van der Waals surface area contributed by atoms with E-state index in [2.05, 4.69) is 20.5 Å². The molecule has 0 atom stereocenters. The van der Waals surface area contributed by atoms with Crippen LogP contribution < -0.4 is 5.32 Å². The lowest BCUT2D eigenvalue weighted by Gasteiger charge is -2.04. The number of fused-ring (bicyclic) bond motifs is 1. The highest BCUT2D eigenvalue weighted by atomic mass is 35.5. The smallest absolute Gasteiger partial charge is 0.244 e. The number of nitrogens with zero attached hydrogens (tertiary/aromatic N) is 2. The number of pyridine rings is 1. The zero-order valence-corrected chi connectivity index (χ0v) is 13.4. The number of hydrogen-bond donors (Lipinski definition) is 2. The summed E-state index contributed by atoms with van der Waals surface area (Å²) in [5.74, 6) is -0.220. The monoisotopic (exact) mass is 346 g/mol. The number of halogens is 2. The molecule has 0 aliphatic heterocycles. The molecule has 1 amide bonds. The van der Waals surface area contributed by atoms with Gasteiger partial charge in [-0.15, -0.1) is 0 Å². The summed E-state index contributed by atoms with van der Waals surface area (Å²) in [7, 11) is 0. The van der Waals surface area contributed by atoms with E-state index in [0.717, 1.165) is 16.6 Å². The molecule has 7 heteroatoms. The zero-order valence-electron chi connectivity index (χ0n) is 11.9. The lowest BCUT2D eigenvalue weighted by molar-refractivity contribution is -0.116. The van der Waals surface area contributed by atoms with Gasteiger partial charge in [0.1, 0.15) is 0 Å². The SMILES string of the molecule is O=C(/C=C/c1[nH]nc2ncccc12)NCc1ccc(Cl)c(Cl)c1. The Labute approximate surface area is 142 Å². The van der Waals surface area contributed by atoms with Gasteiger partial charge in [-0.2, -0.15) is 5.10 Å². The number of hydrogen-bond acceptors (Lipinski definition) is 3. The number of aromatic amines is 1. The minimum atomic E-state index is -0.220. The van der Waals surface area contributed by atoms with Gasteiger partial charge in [-0.05, 0) is 35.9 Å². The maximum Gasteiger partial charge on any atom is 0.244 e. The van der Waals surface area contributed by atoms with Crippen molar-refractivity contribution in [3.63, 3.8) is 0 Å². The van der Waals surface area contributed by atoms with Gasteiger partial charge in [0, 0.05) is 24.2 Å². The van der Waals surface area contributed by atoms with Crippen molar-refractivity contribution < 1.29 is 4.79 Å². The molecule has 0 spiro atoms. The van der Waals surface area contributed by atoms with Crippen LogP contribution in [0.1, 0.15) is 11.3 Å². The Morgan fingerprint density at radius 3 is 2.96 bits per heavy atom. The van der Waals surface area contributed by atoms with Gasteiger partial charge in [0.15, 0.2) is 5.65 Å². The molecule has 3 aromatic rings. The van der Waals surface area contributed by atoms with Crippen molar-refractivity contribution in [1.29, 1.82) is 0 Å². The number of nitrogens with one attached hydrogen (secondary N) is 2. The van der Waals surface area contributed by atoms with Gasteiger partial charge in [-0.1, -0.05) is 29.3 Å². The van der Waals surface area contributed by atoms with E-state index in [1.807, 2.05) is 18.2 Å². The lowest BCUT2D eigenvalue weighted by atomic mass is 10.2. The van der Waals surface area contributed by atoms with E-state index in [1.54, 1.807) is 24.4 Å². The van der Waals surface area contributed by atoms with Crippen molar-refractivity contribution in [2.75, 3.05) is 0 Å². The fourth-order valence-corrected chi connectivity index (χ4v) is 2.37. The van der Waals surface area contributed by atoms with Gasteiger partial charge >= 0.3 is 0 Å². The van der Waals surface area contributed by atoms with Gasteiger partial charge < -0.3 is 5.32 Å². The third-order valence-corrected chi connectivity index (χ3v) is 3.95. The summed E-state index contributed by atoms with van der Waals surface area (Å²) in [5.41, 5.74) is 2.22. The molecule has 2 aromatic heterocycles. The summed E-state index contributed by atoms with van der Waals surface area (Å²) in [5, 5.41) is 11.5. The Morgan fingerprint density at radius 1 is 1.26 bits per heavy atom. The molecule has 0 saturated heterocycles. The minimum absolute atomic E-state index is 0.220. The van der Waals surface area contributed by atoms with Crippen LogP contribution in [0, 0.1) is 0 Å². The van der Waals surface area contributed by atoms with E-state index in [4.69, 9.17) is 23.2 Å². The number of carbonyl (C=O) groups excluding carboxylic acids is 1. The van der Waals surface area contributed by atoms with Gasteiger partial charge in [0.25, 0.3) is 0 Å². The summed E-state index contributed by atoms with van der Waals surface area (Å²) < 4.78 is 0. The van der Waals surface area contributed by atoms with Gasteiger partial charge in [-0.25, -0.2) is 4.98 Å². The maximum absolute atomic E-state index is 11.9. The first-order chi connectivity index (χ1) is 11.1. The summed E-state index contributed by atoms with van der Waals surface area (Å²) in [6, 6.07) is 8.94. The third kappa shape index (κ3) is 3.70. The van der Waals surface area contributed by atoms with E-state index in [1.165, 1.54) is 6.08 Å². The average Bonchev–Trinajstić information content (AvgIpc) is 2.97. The van der Waals surface area contributed by atoms with E-state index in [9.17, 15) is 4.79 Å². The molecule has 0 unspecified atom stereocenters. The highest BCUT2D eigenvalue weighted by Crippen LogP contribution is 2.22. The van der Waals surface area contributed by atoms with E-state index >= 15 is 0 Å². The highest BCUT2D eigenvalue weighted by molar-refractivity contribution is 6.42. The molecular weight excluding hydrogens is 335 g/mol. The van der Waals surface area contributed by atoms with Crippen LogP contribution in [0.4, 0.5) is 0 Å². The number of aromatic nitrogens is 3. The van der Waals surface area contributed by atoms with Crippen LogP contribution in [0.3, 0.4) is 0 Å². The van der Waals surface area contributed by atoms with Crippen LogP contribution in [0.5, 0.6) is 0 Å². The molecule has 1 aromatic carbocycles. The summed E-state index contributed by atoms with van der Waals surface area (Å²) in [6.45, 7) is 0.366. The number of benzene rings is 1. The molecule has 0 radical (unpaired) electrons. The van der Waals surface area contributed by atoms with Crippen molar-refractivity contribution in [3.8, 4) is 0 Å². The van der Waals surface area contributed by atoms with Gasteiger partial charge in [0.2, 0.25) is 5.91 Å². The number of carbonyl (C=O) groups is 1. The molecule has 0 aliphatic carbocycles. The third-order valence-electron chi connectivity index (χ3n) is 3.21. The number of H-pyrrole nitrogens is 1. The molecule has 2 N–H and O–H groups in total. The molecule has 0 bridgehead atoms. The summed E-state index contributed by atoms with van der Waals surface area (Å²) in [4.78, 5) is 16.0. The summed E-state index contributed by atoms with van der Waals surface area (Å²) in [6.07, 6.45) is 4.78. The fraction of sp³-hybridized carbons (Fsp3) is 0.0625. The predicted octanol–water partition coefficient (Wildman–Crippen LogP) is 3.59. The largest absolute Gasteiger partial charge is 0.348 e. The van der Waals surface area contributed by atoms with E-state index in [-0.39, 0.29) is 5.91 Å². The molecular formula is C16H12Cl2N4O. The number of amides is 1. The zero-order chi connectivity index (χ0) is 16.2. The quantitative estimate of drug-likeness (QED) is 0.709. The number of rotatable bonds is 4. The van der Waals surface area contributed by atoms with Crippen molar-refractivity contribution in [2.45, 2.75) is 6.54 Å². The van der Waals surface area contributed by atoms with Crippen LogP contribution in [0.25, 0.3) is 17.1 Å². The molecule has 2 heterocycles. The van der Waals surface area contributed by atoms with Crippen LogP contribution in [0.15, 0.2) is 42.6 Å². The molecule has 5 nitrogen and oxygen atoms in total. The molecule has 0 saturated carbocycles. The maximum atomic E-state index is 11.9. The van der Waals surface area contributed by atoms with E-state index in [0.29, 0.717) is 22.2 Å². The van der Waals surface area contributed by atoms with Crippen molar-refractivity contribution in [1.82, 2.24) is 20.5 Å². The van der Waals surface area contributed by atoms with E-state index < -0.39 is 0 Å². The molecule has 0 aliphatic rings. The highest BCUT2D eigenvalue weighted by Gasteiger charge is 2.04. The van der Waals surface area contributed by atoms with Crippen molar-refractivity contribution >= 4 is 46.2 Å². The first-order valence-electron chi connectivity index (χ1n) is 6.82. The van der Waals surface area contributed by atoms with Gasteiger partial charge in [-0.3, -0.25) is 9.89 Å². The van der Waals surface area contributed by atoms with Gasteiger partial charge in [0.05, 0.1) is 15.7 Å². The molecule has 0 fully saturated rings. The minimum Gasteiger partial charge on any atom is -0.348 e. The Bertz CT molecular complexity index is 889. The molecule has 3 rings (SSSR count). The molecule has 116 valence electrons. The van der Waals surface area contributed by atoms with Crippen LogP contribution in [-0.2, 0) is 11.3 Å².